The topological polar surface area (TPSA) is 21.3 Å². The summed E-state index contributed by atoms with van der Waals surface area (Å²) in [5.41, 5.74) is 2.57. The highest BCUT2D eigenvalue weighted by molar-refractivity contribution is 5.53. The molecule has 0 saturated carbocycles. The fourth-order valence-electron chi connectivity index (χ4n) is 1.69. The van der Waals surface area contributed by atoms with E-state index >= 15 is 0 Å². The number of morpholine rings is 1. The lowest BCUT2D eigenvalue weighted by atomic mass is 10.1. The van der Waals surface area contributed by atoms with Gasteiger partial charge in [-0.3, -0.25) is 0 Å². The number of benzene rings is 1. The Hall–Kier alpha value is -1.12. The molecule has 1 aliphatic rings. The van der Waals surface area contributed by atoms with Crippen molar-refractivity contribution in [2.75, 3.05) is 19.7 Å². The van der Waals surface area contributed by atoms with Crippen LogP contribution >= 0.6 is 0 Å². The Morgan fingerprint density at radius 3 is 3.00 bits per heavy atom. The van der Waals surface area contributed by atoms with Crippen LogP contribution < -0.4 is 5.32 Å². The van der Waals surface area contributed by atoms with Crippen LogP contribution in [0.4, 0.5) is 0 Å². The number of aryl methyl sites for hydroxylation is 1. The molecular weight excluding hydrogens is 186 g/mol. The van der Waals surface area contributed by atoms with Gasteiger partial charge in [0.25, 0.3) is 0 Å². The molecule has 80 valence electrons. The molecule has 2 rings (SSSR count). The van der Waals surface area contributed by atoms with E-state index in [9.17, 15) is 0 Å². The zero-order valence-electron chi connectivity index (χ0n) is 9.07. The van der Waals surface area contributed by atoms with E-state index < -0.39 is 0 Å². The van der Waals surface area contributed by atoms with E-state index in [1.165, 1.54) is 11.1 Å². The van der Waals surface area contributed by atoms with E-state index in [0.29, 0.717) is 0 Å². The molecule has 0 amide bonds. The summed E-state index contributed by atoms with van der Waals surface area (Å²) in [6.45, 7) is 4.82. The first-order valence-corrected chi connectivity index (χ1v) is 5.42. The number of nitrogens with one attached hydrogen (secondary N) is 1. The van der Waals surface area contributed by atoms with Crippen molar-refractivity contribution >= 4 is 6.08 Å². The summed E-state index contributed by atoms with van der Waals surface area (Å²) in [7, 11) is 0. The van der Waals surface area contributed by atoms with Gasteiger partial charge < -0.3 is 10.1 Å². The number of ether oxygens (including phenoxy) is 1. The maximum absolute atomic E-state index is 5.59. The Kier molecular flexibility index (Phi) is 3.54. The van der Waals surface area contributed by atoms with E-state index in [1.54, 1.807) is 0 Å². The second-order valence-electron chi connectivity index (χ2n) is 3.83. The van der Waals surface area contributed by atoms with Crippen molar-refractivity contribution in [3.8, 4) is 0 Å². The molecule has 15 heavy (non-hydrogen) atoms. The van der Waals surface area contributed by atoms with Crippen LogP contribution in [0.1, 0.15) is 11.1 Å². The number of hydrogen-bond donors (Lipinski definition) is 1. The van der Waals surface area contributed by atoms with Crippen LogP contribution in [0.2, 0.25) is 0 Å². The minimum atomic E-state index is 0.221. The van der Waals surface area contributed by atoms with Crippen molar-refractivity contribution < 1.29 is 4.74 Å². The molecule has 0 aromatic heterocycles. The summed E-state index contributed by atoms with van der Waals surface area (Å²) < 4.78 is 5.59. The lowest BCUT2D eigenvalue weighted by Gasteiger charge is -2.20. The van der Waals surface area contributed by atoms with Gasteiger partial charge in [-0.15, -0.1) is 0 Å². The third kappa shape index (κ3) is 2.91. The van der Waals surface area contributed by atoms with Gasteiger partial charge in [-0.05, 0) is 18.1 Å². The van der Waals surface area contributed by atoms with Gasteiger partial charge in [0, 0.05) is 13.1 Å². The molecule has 0 radical (unpaired) electrons. The van der Waals surface area contributed by atoms with E-state index in [-0.39, 0.29) is 6.10 Å². The molecule has 1 aliphatic heterocycles. The van der Waals surface area contributed by atoms with Crippen molar-refractivity contribution in [3.05, 3.63) is 41.5 Å². The highest BCUT2D eigenvalue weighted by Gasteiger charge is 2.08. The molecule has 2 heteroatoms. The SMILES string of the molecule is Cc1ccccc1C=CC1CNCCO1. The fraction of sp³-hybridized carbons (Fsp3) is 0.385. The molecule has 0 bridgehead atoms. The Morgan fingerprint density at radius 2 is 2.27 bits per heavy atom. The zero-order chi connectivity index (χ0) is 10.5. The van der Waals surface area contributed by atoms with Crippen LogP contribution in [-0.2, 0) is 4.74 Å². The monoisotopic (exact) mass is 203 g/mol. The van der Waals surface area contributed by atoms with E-state index in [1.807, 2.05) is 0 Å². The van der Waals surface area contributed by atoms with Crippen LogP contribution in [0.5, 0.6) is 0 Å². The van der Waals surface area contributed by atoms with Crippen molar-refractivity contribution in [3.63, 3.8) is 0 Å². The average Bonchev–Trinajstić information content (AvgIpc) is 2.29. The predicted molar refractivity (Wildman–Crippen MR) is 62.8 cm³/mol. The minimum Gasteiger partial charge on any atom is -0.371 e. The molecule has 1 N–H and O–H groups in total. The van der Waals surface area contributed by atoms with Crippen molar-refractivity contribution in [2.24, 2.45) is 0 Å². The van der Waals surface area contributed by atoms with Gasteiger partial charge in [0.15, 0.2) is 0 Å². The second-order valence-corrected chi connectivity index (χ2v) is 3.83. The second kappa shape index (κ2) is 5.10. The average molecular weight is 203 g/mol. The summed E-state index contributed by atoms with van der Waals surface area (Å²) in [4.78, 5) is 0. The predicted octanol–water partition coefficient (Wildman–Crippen LogP) is 2.00. The maximum Gasteiger partial charge on any atom is 0.0884 e. The molecule has 1 atom stereocenters. The normalized spacial score (nSPS) is 22.1. The molecule has 1 saturated heterocycles. The summed E-state index contributed by atoms with van der Waals surface area (Å²) in [5, 5.41) is 3.31. The molecule has 0 spiro atoms. The van der Waals surface area contributed by atoms with Crippen molar-refractivity contribution in [1.82, 2.24) is 5.32 Å². The Balaban J connectivity index is 2.01. The molecule has 1 aromatic carbocycles. The number of rotatable bonds is 2. The summed E-state index contributed by atoms with van der Waals surface area (Å²) in [6, 6.07) is 8.37. The molecule has 1 fully saturated rings. The van der Waals surface area contributed by atoms with Crippen LogP contribution in [0.25, 0.3) is 6.08 Å². The van der Waals surface area contributed by atoms with Crippen molar-refractivity contribution in [2.45, 2.75) is 13.0 Å². The first-order valence-electron chi connectivity index (χ1n) is 5.42. The Bertz CT molecular complexity index is 340. The Morgan fingerprint density at radius 1 is 1.40 bits per heavy atom. The van der Waals surface area contributed by atoms with Crippen LogP contribution in [-0.4, -0.2) is 25.8 Å². The van der Waals surface area contributed by atoms with Gasteiger partial charge in [0.1, 0.15) is 0 Å². The lowest BCUT2D eigenvalue weighted by Crippen LogP contribution is -2.37. The maximum atomic E-state index is 5.59. The quantitative estimate of drug-likeness (QED) is 0.793. The number of hydrogen-bond acceptors (Lipinski definition) is 2. The summed E-state index contributed by atoms with van der Waals surface area (Å²) >= 11 is 0. The van der Waals surface area contributed by atoms with E-state index in [0.717, 1.165) is 19.7 Å². The first kappa shape index (κ1) is 10.4. The smallest absolute Gasteiger partial charge is 0.0884 e. The zero-order valence-corrected chi connectivity index (χ0v) is 9.07. The van der Waals surface area contributed by atoms with Crippen LogP contribution in [0, 0.1) is 6.92 Å². The fourth-order valence-corrected chi connectivity index (χ4v) is 1.69. The third-order valence-corrected chi connectivity index (χ3v) is 2.64. The molecule has 0 aliphatic carbocycles. The molecule has 1 heterocycles. The van der Waals surface area contributed by atoms with Gasteiger partial charge in [0.05, 0.1) is 12.7 Å². The molecule has 1 unspecified atom stereocenters. The third-order valence-electron chi connectivity index (χ3n) is 2.64. The van der Waals surface area contributed by atoms with Crippen LogP contribution in [0.15, 0.2) is 30.3 Å². The van der Waals surface area contributed by atoms with Crippen molar-refractivity contribution in [1.29, 1.82) is 0 Å². The first-order chi connectivity index (χ1) is 7.36. The summed E-state index contributed by atoms with van der Waals surface area (Å²) in [5.74, 6) is 0. The minimum absolute atomic E-state index is 0.221. The van der Waals surface area contributed by atoms with Gasteiger partial charge in [-0.1, -0.05) is 36.4 Å². The van der Waals surface area contributed by atoms with Gasteiger partial charge in [-0.25, -0.2) is 0 Å². The lowest BCUT2D eigenvalue weighted by molar-refractivity contribution is 0.0596. The van der Waals surface area contributed by atoms with Gasteiger partial charge >= 0.3 is 0 Å². The largest absolute Gasteiger partial charge is 0.371 e. The standard InChI is InChI=1S/C13H17NO/c1-11-4-2-3-5-12(11)6-7-13-10-14-8-9-15-13/h2-7,13-14H,8-10H2,1H3. The van der Waals surface area contributed by atoms with Gasteiger partial charge in [0.2, 0.25) is 0 Å². The van der Waals surface area contributed by atoms with E-state index in [2.05, 4.69) is 48.7 Å². The van der Waals surface area contributed by atoms with E-state index in [4.69, 9.17) is 4.74 Å². The highest BCUT2D eigenvalue weighted by atomic mass is 16.5. The highest BCUT2D eigenvalue weighted by Crippen LogP contribution is 2.10. The molecule has 1 aromatic rings. The van der Waals surface area contributed by atoms with Gasteiger partial charge in [-0.2, -0.15) is 0 Å². The molecular formula is C13H17NO. The van der Waals surface area contributed by atoms with Crippen LogP contribution in [0.3, 0.4) is 0 Å². The Labute approximate surface area is 91.0 Å². The molecule has 2 nitrogen and oxygen atoms in total. The summed E-state index contributed by atoms with van der Waals surface area (Å²) in [6.07, 6.45) is 4.50.